The molecule has 0 bridgehead atoms. The van der Waals surface area contributed by atoms with Crippen molar-refractivity contribution < 1.29 is 27.2 Å². The molecule has 21 heavy (non-hydrogen) atoms. The van der Waals surface area contributed by atoms with Gasteiger partial charge >= 0.3 is 13.3 Å². The van der Waals surface area contributed by atoms with E-state index in [0.717, 1.165) is 0 Å². The molecule has 0 atom stereocenters. The third-order valence-corrected chi connectivity index (χ3v) is 3.71. The largest absolute Gasteiger partial charge is 0.500 e. The highest BCUT2D eigenvalue weighted by molar-refractivity contribution is 6.63. The van der Waals surface area contributed by atoms with Crippen LogP contribution in [0.25, 0.3) is 0 Å². The van der Waals surface area contributed by atoms with E-state index in [4.69, 9.17) is 14.0 Å². The molecule has 1 aliphatic heterocycles. The van der Waals surface area contributed by atoms with Gasteiger partial charge in [-0.1, -0.05) is 0 Å². The van der Waals surface area contributed by atoms with E-state index in [1.54, 1.807) is 0 Å². The van der Waals surface area contributed by atoms with Crippen molar-refractivity contribution in [3.05, 3.63) is 18.5 Å². The van der Waals surface area contributed by atoms with Crippen molar-refractivity contribution in [1.29, 1.82) is 0 Å². The van der Waals surface area contributed by atoms with Crippen molar-refractivity contribution in [3.63, 3.8) is 0 Å². The van der Waals surface area contributed by atoms with Crippen molar-refractivity contribution in [1.82, 2.24) is 4.98 Å². The van der Waals surface area contributed by atoms with Gasteiger partial charge in [-0.05, 0) is 33.8 Å². The van der Waals surface area contributed by atoms with Gasteiger partial charge in [0.1, 0.15) is 5.75 Å². The topological polar surface area (TPSA) is 40.6 Å². The minimum absolute atomic E-state index is 0.0563. The first-order valence-electron chi connectivity index (χ1n) is 6.51. The van der Waals surface area contributed by atoms with Gasteiger partial charge in [-0.25, -0.2) is 0 Å². The van der Waals surface area contributed by atoms with Crippen molar-refractivity contribution in [3.8, 4) is 5.75 Å². The van der Waals surface area contributed by atoms with Crippen LogP contribution in [0.2, 0.25) is 0 Å². The summed E-state index contributed by atoms with van der Waals surface area (Å²) < 4.78 is 53.3. The maximum Gasteiger partial charge on any atom is 0.500 e. The van der Waals surface area contributed by atoms with E-state index in [1.807, 2.05) is 27.7 Å². The van der Waals surface area contributed by atoms with Crippen LogP contribution in [-0.2, 0) is 9.31 Å². The number of rotatable bonds is 3. The molecule has 4 nitrogen and oxygen atoms in total. The summed E-state index contributed by atoms with van der Waals surface area (Å²) in [5.41, 5.74) is -0.829. The van der Waals surface area contributed by atoms with Crippen molar-refractivity contribution >= 4 is 12.6 Å². The molecule has 1 aliphatic rings. The number of aromatic nitrogens is 1. The van der Waals surface area contributed by atoms with E-state index in [2.05, 4.69) is 4.98 Å². The molecule has 0 saturated carbocycles. The first-order chi connectivity index (χ1) is 9.52. The highest BCUT2D eigenvalue weighted by Crippen LogP contribution is 2.37. The summed E-state index contributed by atoms with van der Waals surface area (Å²) in [5, 5.41) is 0. The first kappa shape index (κ1) is 16.1. The third-order valence-electron chi connectivity index (χ3n) is 3.71. The Bertz CT molecular complexity index is 504. The molecule has 0 aromatic carbocycles. The predicted molar refractivity (Wildman–Crippen MR) is 71.5 cm³/mol. The fourth-order valence-corrected chi connectivity index (χ4v) is 1.83. The molecule has 116 valence electrons. The van der Waals surface area contributed by atoms with Gasteiger partial charge in [0.25, 0.3) is 0 Å². The summed E-state index contributed by atoms with van der Waals surface area (Å²) >= 11 is 0. The Morgan fingerprint density at radius 1 is 1.19 bits per heavy atom. The van der Waals surface area contributed by atoms with Crippen LogP contribution in [0.3, 0.4) is 0 Å². The van der Waals surface area contributed by atoms with Crippen molar-refractivity contribution in [2.24, 2.45) is 0 Å². The smallest absolute Gasteiger partial charge is 0.484 e. The number of hydrogen-bond acceptors (Lipinski definition) is 4. The molecular formula is C13H17BF3NO3. The van der Waals surface area contributed by atoms with Gasteiger partial charge < -0.3 is 14.0 Å². The zero-order valence-electron chi connectivity index (χ0n) is 12.3. The van der Waals surface area contributed by atoms with Gasteiger partial charge in [0.15, 0.2) is 6.61 Å². The van der Waals surface area contributed by atoms with Gasteiger partial charge in [0.2, 0.25) is 0 Å². The maximum absolute atomic E-state index is 12.3. The number of nitrogens with zero attached hydrogens (tertiary/aromatic N) is 1. The number of alkyl halides is 3. The van der Waals surface area contributed by atoms with Crippen LogP contribution in [0.15, 0.2) is 18.5 Å². The minimum Gasteiger partial charge on any atom is -0.484 e. The molecule has 8 heteroatoms. The van der Waals surface area contributed by atoms with Crippen LogP contribution in [0.1, 0.15) is 27.7 Å². The number of hydrogen-bond donors (Lipinski definition) is 0. The summed E-state index contributed by atoms with van der Waals surface area (Å²) in [4.78, 5) is 3.91. The summed E-state index contributed by atoms with van der Waals surface area (Å²) in [6.45, 7) is 6.07. The van der Waals surface area contributed by atoms with E-state index in [-0.39, 0.29) is 5.75 Å². The van der Waals surface area contributed by atoms with Gasteiger partial charge in [0, 0.05) is 17.9 Å². The number of halogens is 3. The van der Waals surface area contributed by atoms with E-state index in [0.29, 0.717) is 5.46 Å². The Kier molecular flexibility index (Phi) is 3.97. The first-order valence-corrected chi connectivity index (χ1v) is 6.51. The molecule has 0 spiro atoms. The molecule has 1 aromatic heterocycles. The molecule has 1 saturated heterocycles. The lowest BCUT2D eigenvalue weighted by Gasteiger charge is -2.32. The minimum atomic E-state index is -4.41. The van der Waals surface area contributed by atoms with Crippen LogP contribution in [-0.4, -0.2) is 36.1 Å². The maximum atomic E-state index is 12.3. The normalized spacial score (nSPS) is 20.6. The quantitative estimate of drug-likeness (QED) is 0.804. The fraction of sp³-hybridized carbons (Fsp3) is 0.615. The Hall–Kier alpha value is -1.28. The Labute approximate surface area is 121 Å². The Balaban J connectivity index is 2.22. The highest BCUT2D eigenvalue weighted by atomic mass is 19.4. The van der Waals surface area contributed by atoms with E-state index < -0.39 is 31.1 Å². The molecule has 2 rings (SSSR count). The monoisotopic (exact) mass is 303 g/mol. The molecule has 0 aliphatic carbocycles. The summed E-state index contributed by atoms with van der Waals surface area (Å²) in [5.74, 6) is 0.0563. The van der Waals surface area contributed by atoms with Gasteiger partial charge in [-0.3, -0.25) is 4.98 Å². The fourth-order valence-electron chi connectivity index (χ4n) is 1.83. The molecule has 1 aromatic rings. The standard InChI is InChI=1S/C13H17BF3NO3/c1-11(2)12(3,4)21-14(20-11)9-7-18-6-5-10(9)19-8-13(15,16)17/h5-7H,8H2,1-4H3. The molecular weight excluding hydrogens is 286 g/mol. The van der Waals surface area contributed by atoms with Crippen LogP contribution >= 0.6 is 0 Å². The lowest BCUT2D eigenvalue weighted by Crippen LogP contribution is -2.41. The van der Waals surface area contributed by atoms with E-state index in [9.17, 15) is 13.2 Å². The predicted octanol–water partition coefficient (Wildman–Crippen LogP) is 2.32. The second-order valence-corrected chi connectivity index (χ2v) is 5.91. The van der Waals surface area contributed by atoms with E-state index in [1.165, 1.54) is 18.5 Å². The third kappa shape index (κ3) is 3.49. The molecule has 0 unspecified atom stereocenters. The molecule has 1 fully saturated rings. The SMILES string of the molecule is CC1(C)OB(c2cnccc2OCC(F)(F)F)OC1(C)C. The van der Waals surface area contributed by atoms with Crippen LogP contribution < -0.4 is 10.2 Å². The Morgan fingerprint density at radius 3 is 2.29 bits per heavy atom. The average molecular weight is 303 g/mol. The molecule has 0 N–H and O–H groups in total. The van der Waals surface area contributed by atoms with E-state index >= 15 is 0 Å². The summed E-state index contributed by atoms with van der Waals surface area (Å²) in [6, 6.07) is 1.37. The lowest BCUT2D eigenvalue weighted by atomic mass is 9.79. The highest BCUT2D eigenvalue weighted by Gasteiger charge is 2.52. The molecule has 2 heterocycles. The zero-order chi connectivity index (χ0) is 15.9. The van der Waals surface area contributed by atoms with Gasteiger partial charge in [-0.15, -0.1) is 0 Å². The van der Waals surface area contributed by atoms with Crippen molar-refractivity contribution in [2.75, 3.05) is 6.61 Å². The average Bonchev–Trinajstić information content (AvgIpc) is 2.55. The van der Waals surface area contributed by atoms with Crippen LogP contribution in [0, 0.1) is 0 Å². The molecule has 0 amide bonds. The van der Waals surface area contributed by atoms with Gasteiger partial charge in [-0.2, -0.15) is 13.2 Å². The zero-order valence-corrected chi connectivity index (χ0v) is 12.3. The summed E-state index contributed by atoms with van der Waals surface area (Å²) in [7, 11) is -0.813. The molecule has 0 radical (unpaired) electrons. The van der Waals surface area contributed by atoms with Crippen LogP contribution in [0.5, 0.6) is 5.75 Å². The number of ether oxygens (including phenoxy) is 1. The second kappa shape index (κ2) is 5.17. The van der Waals surface area contributed by atoms with Crippen molar-refractivity contribution in [2.45, 2.75) is 45.1 Å². The number of pyridine rings is 1. The lowest BCUT2D eigenvalue weighted by molar-refractivity contribution is -0.153. The Morgan fingerprint density at radius 2 is 1.76 bits per heavy atom. The summed E-state index contributed by atoms with van der Waals surface area (Å²) in [6.07, 6.45) is -1.65. The van der Waals surface area contributed by atoms with Crippen LogP contribution in [0.4, 0.5) is 13.2 Å². The van der Waals surface area contributed by atoms with Gasteiger partial charge in [0.05, 0.1) is 11.2 Å². The second-order valence-electron chi connectivity index (χ2n) is 5.91.